The minimum Gasteiger partial charge on any atom is -0.340 e. The lowest BCUT2D eigenvalue weighted by Crippen LogP contribution is -2.44. The lowest BCUT2D eigenvalue weighted by molar-refractivity contribution is -0.175. The molecule has 0 aromatic heterocycles. The molecule has 1 aliphatic heterocycles. The summed E-state index contributed by atoms with van der Waals surface area (Å²) in [7, 11) is 4.03. The molecule has 1 fully saturated rings. The number of unbranched alkanes of at least 4 members (excludes halogenated alkanes) is 3. The van der Waals surface area contributed by atoms with Crippen LogP contribution >= 0.6 is 0 Å². The average molecular weight is 370 g/mol. The summed E-state index contributed by atoms with van der Waals surface area (Å²) in [5, 5.41) is 1.39. The number of hydrogen-bond donors (Lipinski definition) is 0. The first kappa shape index (κ1) is 22.9. The van der Waals surface area contributed by atoms with Gasteiger partial charge in [-0.2, -0.15) is 0 Å². The number of nitrogens with zero attached hydrogens (tertiary/aromatic N) is 3. The molecule has 6 nitrogen and oxygen atoms in total. The quantitative estimate of drug-likeness (QED) is 0.268. The van der Waals surface area contributed by atoms with E-state index in [1.165, 1.54) is 24.3 Å². The van der Waals surface area contributed by atoms with Gasteiger partial charge in [0.15, 0.2) is 0 Å². The van der Waals surface area contributed by atoms with Gasteiger partial charge in [0.1, 0.15) is 0 Å². The van der Waals surface area contributed by atoms with Gasteiger partial charge in [-0.15, -0.1) is 0 Å². The van der Waals surface area contributed by atoms with Gasteiger partial charge in [0.05, 0.1) is 6.61 Å². The number of rotatable bonds is 14. The predicted octanol–water partition coefficient (Wildman–Crippen LogP) is 3.07. The van der Waals surface area contributed by atoms with Crippen LogP contribution in [0.1, 0.15) is 71.1 Å². The second-order valence-corrected chi connectivity index (χ2v) is 7.57. The Morgan fingerprint density at radius 3 is 2.65 bits per heavy atom. The Morgan fingerprint density at radius 1 is 1.15 bits per heavy atom. The van der Waals surface area contributed by atoms with Crippen LogP contribution in [0.5, 0.6) is 0 Å². The molecule has 26 heavy (non-hydrogen) atoms. The monoisotopic (exact) mass is 369 g/mol. The molecular formula is C20H39N3O3. The normalized spacial score (nSPS) is 17.5. The van der Waals surface area contributed by atoms with Crippen molar-refractivity contribution >= 4 is 12.3 Å². The molecule has 1 aliphatic rings. The fourth-order valence-corrected chi connectivity index (χ4v) is 3.47. The molecule has 6 heteroatoms. The van der Waals surface area contributed by atoms with E-state index in [0.717, 1.165) is 58.0 Å². The largest absolute Gasteiger partial charge is 0.340 e. The molecule has 1 saturated heterocycles. The van der Waals surface area contributed by atoms with Gasteiger partial charge in [-0.05, 0) is 59.2 Å². The minimum atomic E-state index is 0.262. The maximum Gasteiger partial charge on any atom is 0.233 e. The second-order valence-electron chi connectivity index (χ2n) is 7.57. The van der Waals surface area contributed by atoms with Gasteiger partial charge < -0.3 is 9.80 Å². The summed E-state index contributed by atoms with van der Waals surface area (Å²) >= 11 is 0. The Morgan fingerprint density at radius 2 is 1.96 bits per heavy atom. The van der Waals surface area contributed by atoms with Crippen molar-refractivity contribution in [2.75, 3.05) is 40.3 Å². The molecule has 0 aliphatic carbocycles. The van der Waals surface area contributed by atoms with E-state index in [4.69, 9.17) is 4.84 Å². The van der Waals surface area contributed by atoms with Crippen LogP contribution in [0.3, 0.4) is 0 Å². The van der Waals surface area contributed by atoms with E-state index in [-0.39, 0.29) is 6.04 Å². The third kappa shape index (κ3) is 9.53. The van der Waals surface area contributed by atoms with E-state index in [2.05, 4.69) is 16.7 Å². The summed E-state index contributed by atoms with van der Waals surface area (Å²) in [4.78, 5) is 33.5. The molecule has 152 valence electrons. The van der Waals surface area contributed by atoms with Crippen LogP contribution in [0.2, 0.25) is 0 Å². The van der Waals surface area contributed by atoms with Crippen LogP contribution < -0.4 is 0 Å². The van der Waals surface area contributed by atoms with Gasteiger partial charge in [-0.25, -0.2) is 5.06 Å². The minimum absolute atomic E-state index is 0.262. The summed E-state index contributed by atoms with van der Waals surface area (Å²) in [6.45, 7) is 5.08. The van der Waals surface area contributed by atoms with Crippen molar-refractivity contribution in [2.24, 2.45) is 0 Å². The number of likely N-dealkylation sites (tertiary alicyclic amines) is 1. The molecule has 0 spiro atoms. The molecule has 1 heterocycles. The number of hydroxylamine groups is 2. The van der Waals surface area contributed by atoms with E-state index in [1.54, 1.807) is 0 Å². The first-order valence-electron chi connectivity index (χ1n) is 10.4. The fraction of sp³-hybridized carbons (Fsp3) is 0.900. The van der Waals surface area contributed by atoms with Crippen LogP contribution in [0.15, 0.2) is 0 Å². The Labute approximate surface area is 159 Å². The molecular weight excluding hydrogens is 330 g/mol. The first-order chi connectivity index (χ1) is 12.6. The van der Waals surface area contributed by atoms with Gasteiger partial charge in [0.25, 0.3) is 0 Å². The Kier molecular flexibility index (Phi) is 12.3. The standard InChI is InChI=1S/C20H39N3O3/c1-4-5-6-7-12-20(25)23-16-9-8-11-19(23)13-17-26-22(18-24)15-10-14-21(2)3/h18-19H,4-17H2,1-3H3. The van der Waals surface area contributed by atoms with Gasteiger partial charge in [0, 0.05) is 25.6 Å². The summed E-state index contributed by atoms with van der Waals surface area (Å²) in [6, 6.07) is 0.262. The summed E-state index contributed by atoms with van der Waals surface area (Å²) < 4.78 is 0. The first-order valence-corrected chi connectivity index (χ1v) is 10.4. The van der Waals surface area contributed by atoms with E-state index in [1.807, 2.05) is 14.1 Å². The Hall–Kier alpha value is -1.14. The van der Waals surface area contributed by atoms with E-state index < -0.39 is 0 Å². The lowest BCUT2D eigenvalue weighted by Gasteiger charge is -2.36. The zero-order chi connectivity index (χ0) is 19.2. The number of piperidine rings is 1. The molecule has 0 aromatic carbocycles. The smallest absolute Gasteiger partial charge is 0.233 e. The zero-order valence-electron chi connectivity index (χ0n) is 17.1. The number of hydrogen-bond acceptors (Lipinski definition) is 4. The Bertz CT molecular complexity index is 390. The van der Waals surface area contributed by atoms with Crippen molar-refractivity contribution in [1.29, 1.82) is 0 Å². The maximum atomic E-state index is 12.5. The molecule has 0 saturated carbocycles. The van der Waals surface area contributed by atoms with Gasteiger partial charge in [-0.1, -0.05) is 26.2 Å². The van der Waals surface area contributed by atoms with Crippen LogP contribution in [0, 0.1) is 0 Å². The number of carbonyl (C=O) groups is 2. The van der Waals surface area contributed by atoms with Crippen molar-refractivity contribution in [3.8, 4) is 0 Å². The van der Waals surface area contributed by atoms with Gasteiger partial charge in [0.2, 0.25) is 12.3 Å². The van der Waals surface area contributed by atoms with Gasteiger partial charge >= 0.3 is 0 Å². The molecule has 1 rings (SSSR count). The highest BCUT2D eigenvalue weighted by Gasteiger charge is 2.26. The average Bonchev–Trinajstić information content (AvgIpc) is 2.64. The molecule has 0 aromatic rings. The SMILES string of the molecule is CCCCCCC(=O)N1CCCCC1CCON(C=O)CCCN(C)C. The second kappa shape index (κ2) is 14.0. The summed E-state index contributed by atoms with van der Waals surface area (Å²) in [5.41, 5.74) is 0. The molecule has 2 amide bonds. The number of carbonyl (C=O) groups excluding carboxylic acids is 2. The Balaban J connectivity index is 2.32. The highest BCUT2D eigenvalue weighted by atomic mass is 16.7. The van der Waals surface area contributed by atoms with Crippen LogP contribution in [0.25, 0.3) is 0 Å². The van der Waals surface area contributed by atoms with E-state index in [9.17, 15) is 9.59 Å². The third-order valence-electron chi connectivity index (χ3n) is 5.00. The van der Waals surface area contributed by atoms with Crippen molar-refractivity contribution in [2.45, 2.75) is 77.2 Å². The van der Waals surface area contributed by atoms with Crippen LogP contribution in [-0.4, -0.2) is 73.6 Å². The molecule has 1 atom stereocenters. The lowest BCUT2D eigenvalue weighted by atomic mass is 9.98. The van der Waals surface area contributed by atoms with Crippen molar-refractivity contribution in [3.63, 3.8) is 0 Å². The molecule has 0 bridgehead atoms. The molecule has 1 unspecified atom stereocenters. The van der Waals surface area contributed by atoms with E-state index in [0.29, 0.717) is 25.5 Å². The van der Waals surface area contributed by atoms with Crippen molar-refractivity contribution in [1.82, 2.24) is 14.9 Å². The topological polar surface area (TPSA) is 53.1 Å². The third-order valence-corrected chi connectivity index (χ3v) is 5.00. The number of amides is 2. The molecule has 0 radical (unpaired) electrons. The van der Waals surface area contributed by atoms with Crippen molar-refractivity contribution < 1.29 is 14.4 Å². The van der Waals surface area contributed by atoms with Gasteiger partial charge in [-0.3, -0.25) is 14.4 Å². The molecule has 0 N–H and O–H groups in total. The summed E-state index contributed by atoms with van der Waals surface area (Å²) in [5.74, 6) is 0.295. The fourth-order valence-electron chi connectivity index (χ4n) is 3.47. The van der Waals surface area contributed by atoms with E-state index >= 15 is 0 Å². The van der Waals surface area contributed by atoms with Crippen LogP contribution in [0.4, 0.5) is 0 Å². The van der Waals surface area contributed by atoms with Crippen LogP contribution in [-0.2, 0) is 14.4 Å². The maximum absolute atomic E-state index is 12.5. The highest BCUT2D eigenvalue weighted by Crippen LogP contribution is 2.21. The highest BCUT2D eigenvalue weighted by molar-refractivity contribution is 5.76. The predicted molar refractivity (Wildman–Crippen MR) is 105 cm³/mol. The van der Waals surface area contributed by atoms with Crippen molar-refractivity contribution in [3.05, 3.63) is 0 Å². The summed E-state index contributed by atoms with van der Waals surface area (Å²) in [6.07, 6.45) is 11.0. The zero-order valence-corrected chi connectivity index (χ0v) is 17.1.